The van der Waals surface area contributed by atoms with Crippen molar-refractivity contribution in [3.8, 4) is 0 Å². The molecule has 3 fully saturated rings. The van der Waals surface area contributed by atoms with Crippen molar-refractivity contribution in [2.75, 3.05) is 0 Å². The minimum Gasteiger partial charge on any atom is -0.479 e. The van der Waals surface area contributed by atoms with Gasteiger partial charge in [-0.15, -0.1) is 0 Å². The van der Waals surface area contributed by atoms with Gasteiger partial charge in [0.05, 0.1) is 6.10 Å². The van der Waals surface area contributed by atoms with Gasteiger partial charge in [-0.2, -0.15) is 0 Å². The molecule has 2 saturated heterocycles. The number of hydrogen-bond donors (Lipinski definition) is 1. The first-order valence-electron chi connectivity index (χ1n) is 5.11. The van der Waals surface area contributed by atoms with E-state index in [1.807, 2.05) is 0 Å². The first kappa shape index (κ1) is 3.22. The van der Waals surface area contributed by atoms with Gasteiger partial charge in [-0.25, -0.2) is 4.79 Å². The van der Waals surface area contributed by atoms with Gasteiger partial charge in [0.1, 0.15) is 0 Å². The molecule has 0 aromatic heterocycles. The van der Waals surface area contributed by atoms with E-state index in [2.05, 4.69) is 0 Å². The molecule has 3 heteroatoms. The van der Waals surface area contributed by atoms with E-state index in [4.69, 9.17) is 15.3 Å². The quantitative estimate of drug-likeness (QED) is 0.590. The molecule has 0 amide bonds. The Bertz CT molecular complexity index is 292. The molecule has 10 heavy (non-hydrogen) atoms. The van der Waals surface area contributed by atoms with E-state index in [1.165, 1.54) is 0 Å². The number of fused-ring (bicyclic) bond motifs is 1. The zero-order valence-corrected chi connectivity index (χ0v) is 5.26. The molecule has 1 saturated carbocycles. The second-order valence-electron chi connectivity index (χ2n) is 2.81. The van der Waals surface area contributed by atoms with Crippen molar-refractivity contribution in [1.29, 1.82) is 0 Å². The number of carboxylic acids is 1. The third-order valence-corrected chi connectivity index (χ3v) is 2.13. The van der Waals surface area contributed by atoms with E-state index in [9.17, 15) is 4.79 Å². The number of aliphatic carboxylic acids is 1. The number of rotatable bonds is 1. The summed E-state index contributed by atoms with van der Waals surface area (Å²) in [6, 6.07) is 0. The standard InChI is InChI=1S/C7H10O3/c1-4-5-2-7(3-5,10-4)6(8)9/h4-5H,2-3H2,1H3,(H,8,9)/i1D3,5D. The smallest absolute Gasteiger partial charge is 0.336 e. The minimum atomic E-state index is -2.41. The van der Waals surface area contributed by atoms with Crippen molar-refractivity contribution < 1.29 is 20.1 Å². The van der Waals surface area contributed by atoms with Crippen LogP contribution >= 0.6 is 0 Å². The maximum atomic E-state index is 10.8. The van der Waals surface area contributed by atoms with Crippen molar-refractivity contribution in [2.45, 2.75) is 31.4 Å². The predicted molar refractivity (Wildman–Crippen MR) is 33.6 cm³/mol. The fourth-order valence-corrected chi connectivity index (χ4v) is 1.46. The number of carbonyl (C=O) groups is 1. The number of carboxylic acid groups (broad SMARTS) is 1. The SMILES string of the molecule is [2H]C([2H])([2H])C1OC2(C(=O)O)CC1([2H])C2. The molecule has 0 spiro atoms. The lowest BCUT2D eigenvalue weighted by atomic mass is 9.73. The van der Waals surface area contributed by atoms with Gasteiger partial charge in [-0.3, -0.25) is 0 Å². The Morgan fingerprint density at radius 1 is 2.00 bits per heavy atom. The Hall–Kier alpha value is -0.570. The van der Waals surface area contributed by atoms with Crippen molar-refractivity contribution in [2.24, 2.45) is 5.89 Å². The molecule has 1 aliphatic carbocycles. The average Bonchev–Trinajstić information content (AvgIpc) is 2.35. The van der Waals surface area contributed by atoms with Crippen LogP contribution in [-0.2, 0) is 9.53 Å². The Kier molecular flexibility index (Phi) is 0.493. The zero-order valence-electron chi connectivity index (χ0n) is 9.26. The van der Waals surface area contributed by atoms with E-state index >= 15 is 0 Å². The van der Waals surface area contributed by atoms with Crippen molar-refractivity contribution in [3.63, 3.8) is 0 Å². The summed E-state index contributed by atoms with van der Waals surface area (Å²) in [5, 5.41) is 8.82. The maximum absolute atomic E-state index is 10.8. The van der Waals surface area contributed by atoms with E-state index in [0.717, 1.165) is 0 Å². The molecule has 3 rings (SSSR count). The van der Waals surface area contributed by atoms with Crippen LogP contribution < -0.4 is 0 Å². The topological polar surface area (TPSA) is 46.5 Å². The van der Waals surface area contributed by atoms with Crippen LogP contribution in [0.4, 0.5) is 0 Å². The molecule has 0 aromatic rings. The van der Waals surface area contributed by atoms with Gasteiger partial charge < -0.3 is 9.84 Å². The Morgan fingerprint density at radius 2 is 2.70 bits per heavy atom. The summed E-state index contributed by atoms with van der Waals surface area (Å²) in [4.78, 5) is 10.8. The normalized spacial score (nSPS) is 65.0. The van der Waals surface area contributed by atoms with Crippen molar-refractivity contribution >= 4 is 5.97 Å². The van der Waals surface area contributed by atoms with Gasteiger partial charge >= 0.3 is 5.97 Å². The van der Waals surface area contributed by atoms with Crippen LogP contribution in [0.1, 0.15) is 25.2 Å². The van der Waals surface area contributed by atoms with Crippen molar-refractivity contribution in [1.82, 2.24) is 0 Å². The summed E-state index contributed by atoms with van der Waals surface area (Å²) < 4.78 is 34.1. The van der Waals surface area contributed by atoms with Crippen LogP contribution in [0.3, 0.4) is 0 Å². The molecule has 56 valence electrons. The second-order valence-corrected chi connectivity index (χ2v) is 2.81. The highest BCUT2D eigenvalue weighted by Gasteiger charge is 2.60. The van der Waals surface area contributed by atoms with Gasteiger partial charge in [-0.05, 0) is 25.6 Å². The zero-order chi connectivity index (χ0) is 10.8. The molecule has 1 unspecified atom stereocenters. The summed E-state index contributed by atoms with van der Waals surface area (Å²) in [5.41, 5.74) is -1.40. The summed E-state index contributed by atoms with van der Waals surface area (Å²) in [5.74, 6) is -2.39. The molecule has 2 bridgehead atoms. The van der Waals surface area contributed by atoms with E-state index in [-0.39, 0.29) is 12.8 Å². The van der Waals surface area contributed by atoms with Crippen LogP contribution in [0.25, 0.3) is 0 Å². The lowest BCUT2D eigenvalue weighted by Gasteiger charge is -2.30. The fourth-order valence-electron chi connectivity index (χ4n) is 1.46. The van der Waals surface area contributed by atoms with E-state index in [0.29, 0.717) is 0 Å². The average molecular weight is 146 g/mol. The molecule has 0 aromatic carbocycles. The molecule has 3 aliphatic rings. The summed E-state index contributed by atoms with van der Waals surface area (Å²) in [6.45, 7) is -2.41. The Balaban J connectivity index is 2.25. The van der Waals surface area contributed by atoms with Crippen molar-refractivity contribution in [3.05, 3.63) is 0 Å². The van der Waals surface area contributed by atoms with Gasteiger partial charge in [0.25, 0.3) is 0 Å². The highest BCUT2D eigenvalue weighted by molar-refractivity contribution is 5.79. The summed E-state index contributed by atoms with van der Waals surface area (Å²) >= 11 is 0. The molecule has 2 heterocycles. The fraction of sp³-hybridized carbons (Fsp3) is 0.857. The molecular formula is C7H10O3. The third kappa shape index (κ3) is 0.515. The summed E-state index contributed by atoms with van der Waals surface area (Å²) in [7, 11) is 0. The molecule has 2 aliphatic heterocycles. The van der Waals surface area contributed by atoms with E-state index in [1.54, 1.807) is 0 Å². The van der Waals surface area contributed by atoms with Gasteiger partial charge in [-0.1, -0.05) is 0 Å². The van der Waals surface area contributed by atoms with Crippen LogP contribution in [0.2, 0.25) is 0 Å². The third-order valence-electron chi connectivity index (χ3n) is 2.13. The van der Waals surface area contributed by atoms with Crippen LogP contribution in [0.15, 0.2) is 0 Å². The predicted octanol–water partition coefficient (Wildman–Crippen LogP) is 0.639. The first-order chi connectivity index (χ1) is 6.20. The molecular weight excluding hydrogens is 132 g/mol. The van der Waals surface area contributed by atoms with Crippen LogP contribution in [0.5, 0.6) is 0 Å². The minimum absolute atomic E-state index is 0.0155. The van der Waals surface area contributed by atoms with Gasteiger partial charge in [0.15, 0.2) is 5.60 Å². The molecule has 3 nitrogen and oxygen atoms in total. The van der Waals surface area contributed by atoms with E-state index < -0.39 is 30.4 Å². The Morgan fingerprint density at radius 3 is 3.00 bits per heavy atom. The van der Waals surface area contributed by atoms with Crippen LogP contribution in [-0.4, -0.2) is 22.8 Å². The van der Waals surface area contributed by atoms with Gasteiger partial charge in [0.2, 0.25) is 0 Å². The van der Waals surface area contributed by atoms with Gasteiger partial charge in [0, 0.05) is 5.48 Å². The highest BCUT2D eigenvalue weighted by atomic mass is 16.5. The largest absolute Gasteiger partial charge is 0.479 e. The lowest BCUT2D eigenvalue weighted by Crippen LogP contribution is -2.44. The highest BCUT2D eigenvalue weighted by Crippen LogP contribution is 2.52. The number of ether oxygens (including phenoxy) is 1. The summed E-state index contributed by atoms with van der Waals surface area (Å²) in [6.07, 6.45) is -1.29. The molecule has 1 atom stereocenters. The van der Waals surface area contributed by atoms with Crippen LogP contribution in [0, 0.1) is 5.89 Å². The maximum Gasteiger partial charge on any atom is 0.336 e. The lowest BCUT2D eigenvalue weighted by molar-refractivity contribution is -0.163. The first-order valence-corrected chi connectivity index (χ1v) is 3.11. The number of hydrogen-bond acceptors (Lipinski definition) is 2. The molecule has 0 radical (unpaired) electrons. The monoisotopic (exact) mass is 146 g/mol. The Labute approximate surface area is 64.6 Å². The molecule has 1 N–H and O–H groups in total. The second kappa shape index (κ2) is 1.53.